The van der Waals surface area contributed by atoms with Crippen LogP contribution in [0.1, 0.15) is 5.56 Å². The Morgan fingerprint density at radius 3 is 2.57 bits per heavy atom. The first-order valence-electron chi connectivity index (χ1n) is 6.76. The van der Waals surface area contributed by atoms with Crippen LogP contribution in [-0.2, 0) is 13.6 Å². The number of pyridine rings is 1. The number of benzene rings is 2. The summed E-state index contributed by atoms with van der Waals surface area (Å²) in [6.45, 7) is 0.595. The molecule has 2 aromatic carbocycles. The van der Waals surface area contributed by atoms with Crippen LogP contribution in [0.3, 0.4) is 0 Å². The van der Waals surface area contributed by atoms with Crippen molar-refractivity contribution in [1.82, 2.24) is 4.57 Å². The van der Waals surface area contributed by atoms with Crippen LogP contribution >= 0.6 is 0 Å². The molecule has 21 heavy (non-hydrogen) atoms. The molecule has 3 rings (SSSR count). The molecule has 0 radical (unpaired) electrons. The minimum absolute atomic E-state index is 0.0399. The van der Waals surface area contributed by atoms with Gasteiger partial charge in [-0.05, 0) is 23.8 Å². The summed E-state index contributed by atoms with van der Waals surface area (Å²) in [5.74, 6) is 0.248. The zero-order chi connectivity index (χ0) is 14.8. The number of anilines is 1. The van der Waals surface area contributed by atoms with E-state index in [0.29, 0.717) is 6.54 Å². The van der Waals surface area contributed by atoms with Crippen molar-refractivity contribution in [2.75, 3.05) is 5.32 Å². The minimum atomic E-state index is -0.0399. The quantitative estimate of drug-likeness (QED) is 0.775. The maximum absolute atomic E-state index is 12.0. The van der Waals surface area contributed by atoms with E-state index in [-0.39, 0.29) is 11.3 Å². The Morgan fingerprint density at radius 2 is 1.81 bits per heavy atom. The van der Waals surface area contributed by atoms with Crippen molar-refractivity contribution in [1.29, 1.82) is 0 Å². The number of nitrogens with zero attached hydrogens (tertiary/aromatic N) is 1. The van der Waals surface area contributed by atoms with E-state index < -0.39 is 0 Å². The number of fused-ring (bicyclic) bond motifs is 1. The lowest BCUT2D eigenvalue weighted by Crippen LogP contribution is -2.17. The van der Waals surface area contributed by atoms with Crippen molar-refractivity contribution in [2.24, 2.45) is 7.05 Å². The molecular weight excluding hydrogens is 264 g/mol. The van der Waals surface area contributed by atoms with Crippen molar-refractivity contribution in [3.8, 4) is 5.75 Å². The first-order chi connectivity index (χ1) is 10.1. The molecule has 0 unspecified atom stereocenters. The summed E-state index contributed by atoms with van der Waals surface area (Å²) in [7, 11) is 1.77. The van der Waals surface area contributed by atoms with Crippen molar-refractivity contribution in [3.63, 3.8) is 0 Å². The van der Waals surface area contributed by atoms with E-state index in [1.54, 1.807) is 29.8 Å². The number of phenolic OH excluding ortho intramolecular Hbond substituents is 1. The zero-order valence-electron chi connectivity index (χ0n) is 11.7. The van der Waals surface area contributed by atoms with Gasteiger partial charge >= 0.3 is 0 Å². The van der Waals surface area contributed by atoms with Crippen molar-refractivity contribution >= 4 is 16.6 Å². The highest BCUT2D eigenvalue weighted by Gasteiger charge is 2.05. The molecule has 0 amide bonds. The molecule has 0 aliphatic carbocycles. The van der Waals surface area contributed by atoms with Gasteiger partial charge in [0.15, 0.2) is 0 Å². The van der Waals surface area contributed by atoms with Crippen LogP contribution in [0.4, 0.5) is 5.69 Å². The van der Waals surface area contributed by atoms with E-state index in [1.807, 2.05) is 36.4 Å². The Labute approximate surface area is 122 Å². The van der Waals surface area contributed by atoms with Gasteiger partial charge in [-0.3, -0.25) is 4.79 Å². The summed E-state index contributed by atoms with van der Waals surface area (Å²) in [6.07, 6.45) is 0. The summed E-state index contributed by atoms with van der Waals surface area (Å²) in [4.78, 5) is 12.0. The lowest BCUT2D eigenvalue weighted by Gasteiger charge is -2.12. The van der Waals surface area contributed by atoms with Crippen LogP contribution in [-0.4, -0.2) is 9.67 Å². The maximum Gasteiger partial charge on any atom is 0.252 e. The van der Waals surface area contributed by atoms with Gasteiger partial charge in [0.1, 0.15) is 5.75 Å². The predicted molar refractivity (Wildman–Crippen MR) is 84.6 cm³/mol. The van der Waals surface area contributed by atoms with Crippen molar-refractivity contribution in [3.05, 3.63) is 70.5 Å². The third-order valence-electron chi connectivity index (χ3n) is 3.57. The van der Waals surface area contributed by atoms with Gasteiger partial charge in [0.2, 0.25) is 0 Å². The molecule has 0 saturated carbocycles. The SMILES string of the molecule is Cn1c(=O)cc(NCc2ccc(O)cc2)c2ccccc21. The third-order valence-corrected chi connectivity index (χ3v) is 3.57. The predicted octanol–water partition coefficient (Wildman–Crippen LogP) is 2.86. The van der Waals surface area contributed by atoms with Gasteiger partial charge in [0.05, 0.1) is 5.52 Å². The molecule has 1 heterocycles. The smallest absolute Gasteiger partial charge is 0.252 e. The van der Waals surface area contributed by atoms with E-state index in [4.69, 9.17) is 0 Å². The zero-order valence-corrected chi connectivity index (χ0v) is 11.7. The summed E-state index contributed by atoms with van der Waals surface area (Å²) in [6, 6.07) is 16.4. The van der Waals surface area contributed by atoms with Gasteiger partial charge in [0, 0.05) is 30.7 Å². The number of aromatic nitrogens is 1. The fourth-order valence-electron chi connectivity index (χ4n) is 2.37. The highest BCUT2D eigenvalue weighted by molar-refractivity contribution is 5.91. The Hall–Kier alpha value is -2.75. The first kappa shape index (κ1) is 13.2. The number of phenols is 1. The van der Waals surface area contributed by atoms with Gasteiger partial charge in [-0.15, -0.1) is 0 Å². The molecule has 0 fully saturated rings. The topological polar surface area (TPSA) is 54.3 Å². The molecule has 0 aliphatic heterocycles. The molecule has 0 saturated heterocycles. The highest BCUT2D eigenvalue weighted by Crippen LogP contribution is 2.21. The lowest BCUT2D eigenvalue weighted by atomic mass is 10.1. The number of hydrogen-bond acceptors (Lipinski definition) is 3. The Balaban J connectivity index is 1.95. The Kier molecular flexibility index (Phi) is 3.36. The second-order valence-electron chi connectivity index (χ2n) is 4.99. The number of para-hydroxylation sites is 1. The number of nitrogens with one attached hydrogen (secondary N) is 1. The largest absolute Gasteiger partial charge is 0.508 e. The van der Waals surface area contributed by atoms with Crippen LogP contribution in [0.15, 0.2) is 59.4 Å². The molecule has 0 aliphatic rings. The van der Waals surface area contributed by atoms with Crippen LogP contribution in [0.5, 0.6) is 5.75 Å². The molecule has 0 spiro atoms. The van der Waals surface area contributed by atoms with E-state index in [1.165, 1.54) is 0 Å². The molecule has 106 valence electrons. The molecular formula is C17H16N2O2. The van der Waals surface area contributed by atoms with Crippen LogP contribution < -0.4 is 10.9 Å². The second kappa shape index (κ2) is 5.32. The van der Waals surface area contributed by atoms with E-state index in [2.05, 4.69) is 5.32 Å². The Morgan fingerprint density at radius 1 is 1.10 bits per heavy atom. The minimum Gasteiger partial charge on any atom is -0.508 e. The fourth-order valence-corrected chi connectivity index (χ4v) is 2.37. The lowest BCUT2D eigenvalue weighted by molar-refractivity contribution is 0.475. The highest BCUT2D eigenvalue weighted by atomic mass is 16.3. The molecule has 3 aromatic rings. The maximum atomic E-state index is 12.0. The molecule has 2 N–H and O–H groups in total. The van der Waals surface area contributed by atoms with Gasteiger partial charge < -0.3 is 15.0 Å². The number of rotatable bonds is 3. The van der Waals surface area contributed by atoms with Crippen LogP contribution in [0.2, 0.25) is 0 Å². The van der Waals surface area contributed by atoms with Gasteiger partial charge in [-0.25, -0.2) is 0 Å². The van der Waals surface area contributed by atoms with Crippen molar-refractivity contribution < 1.29 is 5.11 Å². The molecule has 4 nitrogen and oxygen atoms in total. The average Bonchev–Trinajstić information content (AvgIpc) is 2.51. The third kappa shape index (κ3) is 2.60. The molecule has 0 atom stereocenters. The number of hydrogen-bond donors (Lipinski definition) is 2. The number of aryl methyl sites for hydroxylation is 1. The standard InChI is InChI=1S/C17H16N2O2/c1-19-16-5-3-2-4-14(16)15(10-17(19)21)18-11-12-6-8-13(20)9-7-12/h2-10,18,20H,11H2,1H3. The molecule has 4 heteroatoms. The van der Waals surface area contributed by atoms with Gasteiger partial charge in [-0.2, -0.15) is 0 Å². The van der Waals surface area contributed by atoms with Gasteiger partial charge in [-0.1, -0.05) is 30.3 Å². The molecule has 0 bridgehead atoms. The summed E-state index contributed by atoms with van der Waals surface area (Å²) >= 11 is 0. The fraction of sp³-hybridized carbons (Fsp3) is 0.118. The van der Waals surface area contributed by atoms with E-state index >= 15 is 0 Å². The summed E-state index contributed by atoms with van der Waals surface area (Å²) in [5, 5.41) is 13.6. The first-order valence-corrected chi connectivity index (χ1v) is 6.76. The van der Waals surface area contributed by atoms with Gasteiger partial charge in [0.25, 0.3) is 5.56 Å². The second-order valence-corrected chi connectivity index (χ2v) is 4.99. The normalized spacial score (nSPS) is 10.7. The molecule has 1 aromatic heterocycles. The van der Waals surface area contributed by atoms with Crippen molar-refractivity contribution in [2.45, 2.75) is 6.54 Å². The Bertz CT molecular complexity index is 836. The summed E-state index contributed by atoms with van der Waals surface area (Å²) < 4.78 is 1.64. The van der Waals surface area contributed by atoms with Crippen LogP contribution in [0, 0.1) is 0 Å². The number of aromatic hydroxyl groups is 1. The summed E-state index contributed by atoms with van der Waals surface area (Å²) in [5.41, 5.74) is 2.72. The van der Waals surface area contributed by atoms with E-state index in [0.717, 1.165) is 22.2 Å². The monoisotopic (exact) mass is 280 g/mol. The average molecular weight is 280 g/mol. The van der Waals surface area contributed by atoms with E-state index in [9.17, 15) is 9.90 Å². The van der Waals surface area contributed by atoms with Crippen LogP contribution in [0.25, 0.3) is 10.9 Å².